The summed E-state index contributed by atoms with van der Waals surface area (Å²) in [5.41, 5.74) is 5.94. The van der Waals surface area contributed by atoms with Gasteiger partial charge in [0.15, 0.2) is 0 Å². The number of benzene rings is 3. The summed E-state index contributed by atoms with van der Waals surface area (Å²) >= 11 is 5.73. The number of rotatable bonds is 3. The lowest BCUT2D eigenvalue weighted by Crippen LogP contribution is -1.92. The van der Waals surface area contributed by atoms with E-state index >= 15 is 0 Å². The van der Waals surface area contributed by atoms with Gasteiger partial charge in [-0.1, -0.05) is 66.8 Å². The quantitative estimate of drug-likeness (QED) is 0.351. The fourth-order valence-corrected chi connectivity index (χ4v) is 3.72. The van der Waals surface area contributed by atoms with Crippen LogP contribution in [0.15, 0.2) is 91.3 Å². The molecule has 0 amide bonds. The third kappa shape index (κ3) is 3.26. The Morgan fingerprint density at radius 1 is 0.759 bits per heavy atom. The van der Waals surface area contributed by atoms with Crippen molar-refractivity contribution in [2.75, 3.05) is 0 Å². The van der Waals surface area contributed by atoms with Crippen LogP contribution in [0, 0.1) is 10.5 Å². The van der Waals surface area contributed by atoms with E-state index in [1.54, 1.807) is 18.3 Å². The first kappa shape index (κ1) is 17.5. The lowest BCUT2D eigenvalue weighted by molar-refractivity contribution is 0.628. The molecule has 2 aromatic heterocycles. The zero-order chi connectivity index (χ0) is 19.8. The maximum atomic E-state index is 13.2. The number of aromatic amines is 1. The summed E-state index contributed by atoms with van der Waals surface area (Å²) in [6, 6.07) is 24.9. The van der Waals surface area contributed by atoms with Crippen molar-refractivity contribution >= 4 is 18.0 Å². The van der Waals surface area contributed by atoms with Gasteiger partial charge in [0.25, 0.3) is 0 Å². The molecule has 0 fully saturated rings. The minimum absolute atomic E-state index is 0.263. The van der Waals surface area contributed by atoms with Gasteiger partial charge in [-0.25, -0.2) is 9.37 Å². The molecule has 0 saturated heterocycles. The average molecular weight is 397 g/mol. The second kappa shape index (κ2) is 7.11. The predicted octanol–water partition coefficient (Wildman–Crippen LogP) is 6.53. The van der Waals surface area contributed by atoms with Crippen molar-refractivity contribution in [1.29, 1.82) is 0 Å². The van der Waals surface area contributed by atoms with Crippen LogP contribution in [0.1, 0.15) is 0 Å². The summed E-state index contributed by atoms with van der Waals surface area (Å²) < 4.78 is 15.7. The van der Waals surface area contributed by atoms with E-state index in [-0.39, 0.29) is 5.82 Å². The van der Waals surface area contributed by atoms with Crippen molar-refractivity contribution in [2.24, 2.45) is 0 Å². The highest BCUT2D eigenvalue weighted by Gasteiger charge is 2.09. The van der Waals surface area contributed by atoms with Gasteiger partial charge < -0.3 is 4.98 Å². The molecule has 5 aromatic rings. The van der Waals surface area contributed by atoms with Crippen molar-refractivity contribution in [3.05, 3.63) is 102 Å². The number of H-pyrrole nitrogens is 1. The molecule has 0 atom stereocenters. The van der Waals surface area contributed by atoms with Crippen LogP contribution in [-0.4, -0.2) is 14.4 Å². The third-order valence-corrected chi connectivity index (χ3v) is 5.37. The second-order valence-corrected chi connectivity index (χ2v) is 7.18. The standard InChI is InChI=1S/C24H16FN3S/c25-20-12-10-19(11-13-20)22-15-28-23(29)21(14-26-24(28)27-22)18-8-6-17(7-9-18)16-4-2-1-3-5-16/h1-15H,(H,26,27). The van der Waals surface area contributed by atoms with E-state index in [1.807, 2.05) is 28.8 Å². The molecule has 140 valence electrons. The van der Waals surface area contributed by atoms with Crippen molar-refractivity contribution in [3.8, 4) is 33.5 Å². The molecule has 0 aliphatic heterocycles. The SMILES string of the molecule is Fc1ccc(-c2cn3c(=S)c(-c4ccc(-c5ccccc5)cc4)cnc3[nH]2)cc1. The van der Waals surface area contributed by atoms with Crippen LogP contribution in [0.25, 0.3) is 39.3 Å². The van der Waals surface area contributed by atoms with E-state index in [4.69, 9.17) is 12.2 Å². The van der Waals surface area contributed by atoms with Crippen molar-refractivity contribution in [2.45, 2.75) is 0 Å². The molecule has 0 saturated carbocycles. The van der Waals surface area contributed by atoms with Crippen LogP contribution in [0.3, 0.4) is 0 Å². The highest BCUT2D eigenvalue weighted by Crippen LogP contribution is 2.27. The molecule has 3 nitrogen and oxygen atoms in total. The highest BCUT2D eigenvalue weighted by atomic mass is 32.1. The summed E-state index contributed by atoms with van der Waals surface area (Å²) in [5, 5.41) is 0. The van der Waals surface area contributed by atoms with Crippen molar-refractivity contribution < 1.29 is 4.39 Å². The molecule has 0 radical (unpaired) electrons. The maximum absolute atomic E-state index is 13.2. The molecule has 5 rings (SSSR count). The minimum Gasteiger partial charge on any atom is -0.323 e. The first-order valence-corrected chi connectivity index (χ1v) is 9.62. The van der Waals surface area contributed by atoms with Crippen LogP contribution >= 0.6 is 12.2 Å². The highest BCUT2D eigenvalue weighted by molar-refractivity contribution is 7.71. The number of halogens is 1. The van der Waals surface area contributed by atoms with Crippen LogP contribution < -0.4 is 0 Å². The Bertz CT molecular complexity index is 1350. The number of imidazole rings is 1. The van der Waals surface area contributed by atoms with E-state index in [9.17, 15) is 4.39 Å². The Morgan fingerprint density at radius 2 is 1.38 bits per heavy atom. The summed E-state index contributed by atoms with van der Waals surface area (Å²) in [7, 11) is 0. The topological polar surface area (TPSA) is 33.1 Å². The first-order valence-electron chi connectivity index (χ1n) is 9.21. The fraction of sp³-hybridized carbons (Fsp3) is 0. The Hall–Kier alpha value is -3.57. The van der Waals surface area contributed by atoms with Gasteiger partial charge in [-0.15, -0.1) is 0 Å². The number of hydrogen-bond donors (Lipinski definition) is 1. The Kier molecular flexibility index (Phi) is 4.30. The lowest BCUT2D eigenvalue weighted by atomic mass is 10.0. The zero-order valence-electron chi connectivity index (χ0n) is 15.3. The zero-order valence-corrected chi connectivity index (χ0v) is 16.2. The molecule has 3 aromatic carbocycles. The summed E-state index contributed by atoms with van der Waals surface area (Å²) in [6.45, 7) is 0. The lowest BCUT2D eigenvalue weighted by Gasteiger charge is -2.06. The Morgan fingerprint density at radius 3 is 2.10 bits per heavy atom. The van der Waals surface area contributed by atoms with Gasteiger partial charge in [-0.2, -0.15) is 0 Å². The van der Waals surface area contributed by atoms with Crippen molar-refractivity contribution in [1.82, 2.24) is 14.4 Å². The van der Waals surface area contributed by atoms with Crippen LogP contribution in [0.4, 0.5) is 4.39 Å². The van der Waals surface area contributed by atoms with Gasteiger partial charge in [0.2, 0.25) is 5.78 Å². The van der Waals surface area contributed by atoms with Crippen LogP contribution in [0.2, 0.25) is 0 Å². The molecule has 2 heterocycles. The van der Waals surface area contributed by atoms with Gasteiger partial charge in [0.05, 0.1) is 5.69 Å². The smallest absolute Gasteiger partial charge is 0.212 e. The first-order chi connectivity index (χ1) is 14.2. The van der Waals surface area contributed by atoms with Crippen LogP contribution in [0.5, 0.6) is 0 Å². The van der Waals surface area contributed by atoms with Crippen LogP contribution in [-0.2, 0) is 0 Å². The van der Waals surface area contributed by atoms with Gasteiger partial charge >= 0.3 is 0 Å². The van der Waals surface area contributed by atoms with Gasteiger partial charge in [-0.05, 0) is 46.5 Å². The monoisotopic (exact) mass is 397 g/mol. The molecule has 5 heteroatoms. The molecule has 0 bridgehead atoms. The largest absolute Gasteiger partial charge is 0.323 e. The summed E-state index contributed by atoms with van der Waals surface area (Å²) in [5.74, 6) is 0.389. The third-order valence-electron chi connectivity index (χ3n) is 4.96. The average Bonchev–Trinajstić information content (AvgIpc) is 3.21. The summed E-state index contributed by atoms with van der Waals surface area (Å²) in [4.78, 5) is 7.77. The van der Waals surface area contributed by atoms with Gasteiger partial charge in [0, 0.05) is 18.0 Å². The molecule has 0 unspecified atom stereocenters. The second-order valence-electron chi connectivity index (χ2n) is 6.79. The van der Waals surface area contributed by atoms with E-state index < -0.39 is 0 Å². The molecule has 0 aliphatic rings. The summed E-state index contributed by atoms with van der Waals surface area (Å²) in [6.07, 6.45) is 3.69. The number of hydrogen-bond acceptors (Lipinski definition) is 2. The number of nitrogens with one attached hydrogen (secondary N) is 1. The minimum atomic E-state index is -0.263. The van der Waals surface area contributed by atoms with Crippen molar-refractivity contribution in [3.63, 3.8) is 0 Å². The Balaban J connectivity index is 1.55. The fourth-order valence-electron chi connectivity index (χ4n) is 3.41. The van der Waals surface area contributed by atoms with E-state index in [0.717, 1.165) is 27.9 Å². The van der Waals surface area contributed by atoms with E-state index in [2.05, 4.69) is 46.4 Å². The molecule has 29 heavy (non-hydrogen) atoms. The molecular formula is C24H16FN3S. The molecule has 1 N–H and O–H groups in total. The normalized spacial score (nSPS) is 11.1. The molecule has 0 spiro atoms. The number of nitrogens with zero attached hydrogens (tertiary/aromatic N) is 2. The molecule has 0 aliphatic carbocycles. The van der Waals surface area contributed by atoms with E-state index in [1.165, 1.54) is 17.7 Å². The van der Waals surface area contributed by atoms with Gasteiger partial charge in [-0.3, -0.25) is 4.40 Å². The number of aromatic nitrogens is 3. The number of fused-ring (bicyclic) bond motifs is 1. The van der Waals surface area contributed by atoms with Gasteiger partial charge in [0.1, 0.15) is 10.5 Å². The molecular weight excluding hydrogens is 381 g/mol. The van der Waals surface area contributed by atoms with E-state index in [0.29, 0.717) is 10.4 Å². The Labute approximate surface area is 172 Å². The predicted molar refractivity (Wildman–Crippen MR) is 117 cm³/mol. The maximum Gasteiger partial charge on any atom is 0.212 e.